The van der Waals surface area contributed by atoms with Gasteiger partial charge in [-0.2, -0.15) is 0 Å². The molecule has 6 nitrogen and oxygen atoms in total. The fourth-order valence-electron chi connectivity index (χ4n) is 3.65. The molecule has 0 saturated carbocycles. The first-order valence-corrected chi connectivity index (χ1v) is 8.45. The number of hydrogen-bond donors (Lipinski definition) is 1. The quantitative estimate of drug-likeness (QED) is 0.859. The number of nitrogens with zero attached hydrogens (tertiary/aromatic N) is 2. The number of amides is 1. The highest BCUT2D eigenvalue weighted by Gasteiger charge is 2.30. The molecule has 1 amide bonds. The maximum Gasteiger partial charge on any atom is 0.257 e. The predicted molar refractivity (Wildman–Crippen MR) is 93.4 cm³/mol. The number of carbonyl (C=O) groups excluding carboxylic acids is 1. The first-order valence-electron chi connectivity index (χ1n) is 8.45. The zero-order valence-electron chi connectivity index (χ0n) is 13.7. The number of para-hydroxylation sites is 1. The molecule has 3 heterocycles. The zero-order chi connectivity index (χ0) is 15.6. The van der Waals surface area contributed by atoms with E-state index in [2.05, 4.69) is 10.2 Å². The first kappa shape index (κ1) is 17.3. The second-order valence-electron chi connectivity index (χ2n) is 6.30. The molecule has 0 radical (unpaired) electrons. The lowest BCUT2D eigenvalue weighted by Gasteiger charge is -2.38. The Morgan fingerprint density at radius 1 is 1.12 bits per heavy atom. The molecule has 7 heteroatoms. The number of rotatable bonds is 2. The third-order valence-electron chi connectivity index (χ3n) is 4.95. The minimum Gasteiger partial charge on any atom is -0.486 e. The highest BCUT2D eigenvalue weighted by atomic mass is 35.5. The second kappa shape index (κ2) is 7.59. The minimum atomic E-state index is 0. The molecule has 1 aromatic rings. The smallest absolute Gasteiger partial charge is 0.257 e. The van der Waals surface area contributed by atoms with E-state index in [1.165, 1.54) is 6.42 Å². The summed E-state index contributed by atoms with van der Waals surface area (Å²) in [7, 11) is 0. The van der Waals surface area contributed by atoms with Crippen LogP contribution in [0, 0.1) is 0 Å². The van der Waals surface area contributed by atoms with Crippen molar-refractivity contribution in [2.45, 2.75) is 12.5 Å². The maximum atomic E-state index is 12.9. The van der Waals surface area contributed by atoms with Crippen molar-refractivity contribution in [3.8, 4) is 11.5 Å². The molecule has 1 unspecified atom stereocenters. The number of nitrogens with one attached hydrogen (secondary N) is 1. The second-order valence-corrected chi connectivity index (χ2v) is 6.30. The Morgan fingerprint density at radius 2 is 1.92 bits per heavy atom. The Hall–Kier alpha value is -1.50. The molecule has 0 spiro atoms. The number of fused-ring (bicyclic) bond motifs is 1. The van der Waals surface area contributed by atoms with Crippen molar-refractivity contribution >= 4 is 18.3 Å². The van der Waals surface area contributed by atoms with Crippen molar-refractivity contribution in [2.75, 3.05) is 52.5 Å². The lowest BCUT2D eigenvalue weighted by Crippen LogP contribution is -2.52. The molecule has 2 saturated heterocycles. The summed E-state index contributed by atoms with van der Waals surface area (Å²) in [5, 5.41) is 3.41. The molecule has 3 aliphatic rings. The molecule has 0 aromatic heterocycles. The number of halogens is 1. The average Bonchev–Trinajstić information content (AvgIpc) is 3.15. The summed E-state index contributed by atoms with van der Waals surface area (Å²) < 4.78 is 11.3. The first-order chi connectivity index (χ1) is 11.3. The Labute approximate surface area is 148 Å². The van der Waals surface area contributed by atoms with Gasteiger partial charge in [0.15, 0.2) is 11.5 Å². The van der Waals surface area contributed by atoms with Gasteiger partial charge in [-0.1, -0.05) is 6.07 Å². The Balaban J connectivity index is 0.00000169. The van der Waals surface area contributed by atoms with E-state index < -0.39 is 0 Å². The third-order valence-corrected chi connectivity index (χ3v) is 4.95. The van der Waals surface area contributed by atoms with E-state index in [0.29, 0.717) is 36.3 Å². The SMILES string of the molecule is Cl.O=C(c1cccc2c1OCCO2)N1CCN(C2CCNC2)CC1. The van der Waals surface area contributed by atoms with Crippen molar-refractivity contribution in [3.63, 3.8) is 0 Å². The molecule has 132 valence electrons. The summed E-state index contributed by atoms with van der Waals surface area (Å²) in [6.07, 6.45) is 1.21. The van der Waals surface area contributed by atoms with Gasteiger partial charge < -0.3 is 19.7 Å². The Bertz CT molecular complexity index is 584. The van der Waals surface area contributed by atoms with Crippen LogP contribution < -0.4 is 14.8 Å². The van der Waals surface area contributed by atoms with E-state index in [9.17, 15) is 4.79 Å². The standard InChI is InChI=1S/C17H23N3O3.ClH/c21-17(14-2-1-3-15-16(14)23-11-10-22-15)20-8-6-19(7-9-20)13-4-5-18-12-13;/h1-3,13,18H,4-12H2;1H. The van der Waals surface area contributed by atoms with Crippen molar-refractivity contribution in [1.82, 2.24) is 15.1 Å². The molecule has 1 N–H and O–H groups in total. The summed E-state index contributed by atoms with van der Waals surface area (Å²) in [5.74, 6) is 1.33. The molecular weight excluding hydrogens is 330 g/mol. The van der Waals surface area contributed by atoms with E-state index in [1.807, 2.05) is 23.1 Å². The number of benzene rings is 1. The van der Waals surface area contributed by atoms with Crippen LogP contribution in [0.4, 0.5) is 0 Å². The normalized spacial score (nSPS) is 23.7. The van der Waals surface area contributed by atoms with Gasteiger partial charge in [-0.15, -0.1) is 12.4 Å². The summed E-state index contributed by atoms with van der Waals surface area (Å²) in [6.45, 7) is 6.68. The van der Waals surface area contributed by atoms with Gasteiger partial charge in [0.25, 0.3) is 5.91 Å². The van der Waals surface area contributed by atoms with Gasteiger partial charge in [-0.05, 0) is 25.1 Å². The summed E-state index contributed by atoms with van der Waals surface area (Å²) in [4.78, 5) is 17.3. The van der Waals surface area contributed by atoms with Gasteiger partial charge >= 0.3 is 0 Å². The molecule has 3 aliphatic heterocycles. The maximum absolute atomic E-state index is 12.9. The van der Waals surface area contributed by atoms with E-state index >= 15 is 0 Å². The molecule has 0 aliphatic carbocycles. The van der Waals surface area contributed by atoms with Gasteiger partial charge in [-0.25, -0.2) is 0 Å². The van der Waals surface area contributed by atoms with Crippen LogP contribution in [0.2, 0.25) is 0 Å². The lowest BCUT2D eigenvalue weighted by atomic mass is 10.1. The molecule has 4 rings (SSSR count). The number of hydrogen-bond acceptors (Lipinski definition) is 5. The molecule has 2 fully saturated rings. The van der Waals surface area contributed by atoms with Crippen LogP contribution in [0.1, 0.15) is 16.8 Å². The highest BCUT2D eigenvalue weighted by Crippen LogP contribution is 2.34. The third kappa shape index (κ3) is 3.31. The van der Waals surface area contributed by atoms with Crippen molar-refractivity contribution in [2.24, 2.45) is 0 Å². The number of piperazine rings is 1. The van der Waals surface area contributed by atoms with Crippen LogP contribution in [0.5, 0.6) is 11.5 Å². The number of carbonyl (C=O) groups is 1. The van der Waals surface area contributed by atoms with E-state index in [4.69, 9.17) is 9.47 Å². The van der Waals surface area contributed by atoms with Gasteiger partial charge in [0.2, 0.25) is 0 Å². The molecule has 0 bridgehead atoms. The van der Waals surface area contributed by atoms with Crippen molar-refractivity contribution < 1.29 is 14.3 Å². The lowest BCUT2D eigenvalue weighted by molar-refractivity contribution is 0.0575. The van der Waals surface area contributed by atoms with Crippen LogP contribution in [0.25, 0.3) is 0 Å². The van der Waals surface area contributed by atoms with Gasteiger partial charge in [-0.3, -0.25) is 9.69 Å². The fourth-order valence-corrected chi connectivity index (χ4v) is 3.65. The predicted octanol–water partition coefficient (Wildman–Crippen LogP) is 0.999. The van der Waals surface area contributed by atoms with Crippen molar-refractivity contribution in [3.05, 3.63) is 23.8 Å². The molecule has 1 atom stereocenters. The average molecular weight is 354 g/mol. The molecular formula is C17H24ClN3O3. The monoisotopic (exact) mass is 353 g/mol. The minimum absolute atomic E-state index is 0. The van der Waals surface area contributed by atoms with E-state index in [0.717, 1.165) is 39.3 Å². The van der Waals surface area contributed by atoms with Gasteiger partial charge in [0.05, 0.1) is 5.56 Å². The largest absolute Gasteiger partial charge is 0.486 e. The van der Waals surface area contributed by atoms with Crippen LogP contribution in [-0.2, 0) is 0 Å². The van der Waals surface area contributed by atoms with Gasteiger partial charge in [0.1, 0.15) is 13.2 Å². The van der Waals surface area contributed by atoms with Crippen LogP contribution >= 0.6 is 12.4 Å². The van der Waals surface area contributed by atoms with E-state index in [-0.39, 0.29) is 18.3 Å². The van der Waals surface area contributed by atoms with Crippen LogP contribution in [0.15, 0.2) is 18.2 Å². The summed E-state index contributed by atoms with van der Waals surface area (Å²) in [5.41, 5.74) is 0.623. The van der Waals surface area contributed by atoms with Crippen LogP contribution in [0.3, 0.4) is 0 Å². The topological polar surface area (TPSA) is 54.0 Å². The van der Waals surface area contributed by atoms with Gasteiger partial charge in [0, 0.05) is 38.8 Å². The number of ether oxygens (including phenoxy) is 2. The molecule has 1 aromatic carbocycles. The van der Waals surface area contributed by atoms with Crippen molar-refractivity contribution in [1.29, 1.82) is 0 Å². The summed E-state index contributed by atoms with van der Waals surface area (Å²) >= 11 is 0. The molecule has 24 heavy (non-hydrogen) atoms. The highest BCUT2D eigenvalue weighted by molar-refractivity contribution is 5.98. The van der Waals surface area contributed by atoms with Crippen LogP contribution in [-0.4, -0.2) is 74.2 Å². The Morgan fingerprint density at radius 3 is 2.67 bits per heavy atom. The fraction of sp³-hybridized carbons (Fsp3) is 0.588. The zero-order valence-corrected chi connectivity index (χ0v) is 14.5. The Kier molecular flexibility index (Phi) is 5.48. The summed E-state index contributed by atoms with van der Waals surface area (Å²) in [6, 6.07) is 6.19. The van der Waals surface area contributed by atoms with E-state index in [1.54, 1.807) is 0 Å².